The summed E-state index contributed by atoms with van der Waals surface area (Å²) < 4.78 is 11.2. The maximum Gasteiger partial charge on any atom is 0.410 e. The van der Waals surface area contributed by atoms with Gasteiger partial charge in [-0.1, -0.05) is 13.3 Å². The molecule has 5 nitrogen and oxygen atoms in total. The van der Waals surface area contributed by atoms with Crippen molar-refractivity contribution in [1.29, 1.82) is 0 Å². The van der Waals surface area contributed by atoms with Crippen molar-refractivity contribution in [2.45, 2.75) is 71.8 Å². The molecule has 0 aliphatic carbocycles. The Bertz CT molecular complexity index is 669. The Morgan fingerprint density at radius 2 is 1.96 bits per heavy atom. The zero-order chi connectivity index (χ0) is 20.0. The Morgan fingerprint density at radius 3 is 2.56 bits per heavy atom. The zero-order valence-corrected chi connectivity index (χ0v) is 17.4. The highest BCUT2D eigenvalue weighted by Gasteiger charge is 2.28. The van der Waals surface area contributed by atoms with Gasteiger partial charge in [-0.25, -0.2) is 4.79 Å². The Balaban J connectivity index is 2.03. The lowest BCUT2D eigenvalue weighted by Gasteiger charge is -2.34. The summed E-state index contributed by atoms with van der Waals surface area (Å²) in [4.78, 5) is 14.1. The standard InChI is InChI=1S/C22H34N2O3/c1-6-7-8-13-26-20-15-18(16(2)14-19(20)23)17-9-11-24(12-10-17)21(25)27-22(3,4)5/h8,13-15,17H,6-7,9-12,23H2,1-5H3. The molecular weight excluding hydrogens is 340 g/mol. The van der Waals surface area contributed by atoms with Crippen LogP contribution in [0, 0.1) is 6.92 Å². The third kappa shape index (κ3) is 6.19. The number of rotatable bonds is 5. The van der Waals surface area contributed by atoms with Gasteiger partial charge < -0.3 is 20.1 Å². The molecule has 2 rings (SSSR count). The van der Waals surface area contributed by atoms with Crippen molar-refractivity contribution in [3.05, 3.63) is 35.6 Å². The lowest BCUT2D eigenvalue weighted by atomic mass is 9.86. The first kappa shape index (κ1) is 21.1. The summed E-state index contributed by atoms with van der Waals surface area (Å²) in [5, 5.41) is 0. The molecule has 1 heterocycles. The molecule has 0 aromatic heterocycles. The molecule has 27 heavy (non-hydrogen) atoms. The van der Waals surface area contributed by atoms with E-state index in [1.54, 1.807) is 11.2 Å². The zero-order valence-electron chi connectivity index (χ0n) is 17.4. The lowest BCUT2D eigenvalue weighted by Crippen LogP contribution is -2.41. The van der Waals surface area contributed by atoms with Crippen LogP contribution in [0.4, 0.5) is 10.5 Å². The molecule has 5 heteroatoms. The molecular formula is C22H34N2O3. The third-order valence-corrected chi connectivity index (χ3v) is 4.73. The number of nitrogens with two attached hydrogens (primary N) is 1. The van der Waals surface area contributed by atoms with Crippen LogP contribution in [-0.2, 0) is 4.74 Å². The molecule has 1 aliphatic rings. The van der Waals surface area contributed by atoms with Crippen LogP contribution in [0.2, 0.25) is 0 Å². The minimum absolute atomic E-state index is 0.222. The number of aryl methyl sites for hydroxylation is 1. The Labute approximate surface area is 163 Å². The number of anilines is 1. The van der Waals surface area contributed by atoms with Crippen LogP contribution in [0.3, 0.4) is 0 Å². The number of nitrogen functional groups attached to an aromatic ring is 1. The van der Waals surface area contributed by atoms with Gasteiger partial charge in [-0.15, -0.1) is 0 Å². The molecule has 1 saturated heterocycles. The van der Waals surface area contributed by atoms with Crippen molar-refractivity contribution in [1.82, 2.24) is 4.90 Å². The van der Waals surface area contributed by atoms with Crippen LogP contribution in [0.1, 0.15) is 70.4 Å². The number of benzene rings is 1. The van der Waals surface area contributed by atoms with E-state index in [1.807, 2.05) is 32.9 Å². The Morgan fingerprint density at radius 1 is 1.30 bits per heavy atom. The van der Waals surface area contributed by atoms with Crippen LogP contribution < -0.4 is 10.5 Å². The van der Waals surface area contributed by atoms with Gasteiger partial charge in [-0.05, 0) is 82.2 Å². The monoisotopic (exact) mass is 374 g/mol. The molecule has 0 spiro atoms. The number of hydrogen-bond acceptors (Lipinski definition) is 4. The van der Waals surface area contributed by atoms with Gasteiger partial charge in [-0.2, -0.15) is 0 Å². The largest absolute Gasteiger partial charge is 0.463 e. The molecule has 1 aliphatic heterocycles. The molecule has 150 valence electrons. The second kappa shape index (κ2) is 9.16. The Kier molecular flexibility index (Phi) is 7.17. The van der Waals surface area contributed by atoms with E-state index >= 15 is 0 Å². The smallest absolute Gasteiger partial charge is 0.410 e. The fourth-order valence-corrected chi connectivity index (χ4v) is 3.32. The second-order valence-electron chi connectivity index (χ2n) is 8.27. The molecule has 0 saturated carbocycles. The highest BCUT2D eigenvalue weighted by molar-refractivity contribution is 5.68. The van der Waals surface area contributed by atoms with E-state index < -0.39 is 5.60 Å². The van der Waals surface area contributed by atoms with Crippen molar-refractivity contribution < 1.29 is 14.3 Å². The number of amides is 1. The van der Waals surface area contributed by atoms with Crippen molar-refractivity contribution in [3.63, 3.8) is 0 Å². The van der Waals surface area contributed by atoms with E-state index in [1.165, 1.54) is 11.1 Å². The van der Waals surface area contributed by atoms with Gasteiger partial charge in [0, 0.05) is 13.1 Å². The molecule has 0 bridgehead atoms. The van der Waals surface area contributed by atoms with Crippen molar-refractivity contribution >= 4 is 11.8 Å². The van der Waals surface area contributed by atoms with E-state index in [2.05, 4.69) is 19.9 Å². The first-order valence-corrected chi connectivity index (χ1v) is 9.91. The van der Waals surface area contributed by atoms with Gasteiger partial charge in [0.1, 0.15) is 11.4 Å². The van der Waals surface area contributed by atoms with Crippen molar-refractivity contribution in [2.75, 3.05) is 18.8 Å². The van der Waals surface area contributed by atoms with Gasteiger partial charge >= 0.3 is 6.09 Å². The maximum absolute atomic E-state index is 12.3. The highest BCUT2D eigenvalue weighted by Crippen LogP contribution is 2.35. The number of carbonyl (C=O) groups is 1. The first-order chi connectivity index (χ1) is 12.7. The third-order valence-electron chi connectivity index (χ3n) is 4.73. The molecule has 1 aromatic carbocycles. The van der Waals surface area contributed by atoms with Crippen LogP contribution in [0.25, 0.3) is 0 Å². The van der Waals surface area contributed by atoms with Crippen LogP contribution >= 0.6 is 0 Å². The van der Waals surface area contributed by atoms with E-state index in [-0.39, 0.29) is 6.09 Å². The van der Waals surface area contributed by atoms with E-state index in [9.17, 15) is 4.79 Å². The van der Waals surface area contributed by atoms with Crippen LogP contribution in [0.5, 0.6) is 5.75 Å². The molecule has 0 radical (unpaired) electrons. The lowest BCUT2D eigenvalue weighted by molar-refractivity contribution is 0.0204. The SMILES string of the molecule is CCCC=COc1cc(C2CCN(C(=O)OC(C)(C)C)CC2)c(C)cc1N. The summed E-state index contributed by atoms with van der Waals surface area (Å²) in [5.74, 6) is 1.10. The average Bonchev–Trinajstić information content (AvgIpc) is 2.59. The molecule has 2 N–H and O–H groups in total. The summed E-state index contributed by atoms with van der Waals surface area (Å²) >= 11 is 0. The van der Waals surface area contributed by atoms with Crippen molar-refractivity contribution in [2.24, 2.45) is 0 Å². The summed E-state index contributed by atoms with van der Waals surface area (Å²) in [5.41, 5.74) is 8.75. The summed E-state index contributed by atoms with van der Waals surface area (Å²) in [6.07, 6.45) is 7.41. The number of allylic oxidation sites excluding steroid dienone is 1. The van der Waals surface area contributed by atoms with Gasteiger partial charge in [0.05, 0.1) is 11.9 Å². The van der Waals surface area contributed by atoms with E-state index in [0.29, 0.717) is 30.4 Å². The number of nitrogens with zero attached hydrogens (tertiary/aromatic N) is 1. The maximum atomic E-state index is 12.3. The quantitative estimate of drug-likeness (QED) is 0.555. The minimum atomic E-state index is -0.459. The first-order valence-electron chi connectivity index (χ1n) is 9.91. The number of likely N-dealkylation sites (tertiary alicyclic amines) is 1. The number of piperidine rings is 1. The highest BCUT2D eigenvalue weighted by atomic mass is 16.6. The minimum Gasteiger partial charge on any atom is -0.463 e. The number of ether oxygens (including phenoxy) is 2. The van der Waals surface area contributed by atoms with Crippen LogP contribution in [0.15, 0.2) is 24.5 Å². The predicted octanol–water partition coefficient (Wildman–Crippen LogP) is 5.38. The Hall–Kier alpha value is -2.17. The number of hydrogen-bond donors (Lipinski definition) is 1. The average molecular weight is 375 g/mol. The van der Waals surface area contributed by atoms with Gasteiger partial charge in [-0.3, -0.25) is 0 Å². The number of carbonyl (C=O) groups excluding carboxylic acids is 1. The topological polar surface area (TPSA) is 64.8 Å². The van der Waals surface area contributed by atoms with Gasteiger partial charge in [0.15, 0.2) is 0 Å². The molecule has 1 fully saturated rings. The fourth-order valence-electron chi connectivity index (χ4n) is 3.32. The summed E-state index contributed by atoms with van der Waals surface area (Å²) in [6, 6.07) is 4.05. The molecule has 0 unspecified atom stereocenters. The normalized spacial score (nSPS) is 16.0. The number of unbranched alkanes of at least 4 members (excludes halogenated alkanes) is 1. The predicted molar refractivity (Wildman–Crippen MR) is 110 cm³/mol. The van der Waals surface area contributed by atoms with Gasteiger partial charge in [0.25, 0.3) is 0 Å². The summed E-state index contributed by atoms with van der Waals surface area (Å²) in [7, 11) is 0. The second-order valence-corrected chi connectivity index (χ2v) is 8.27. The molecule has 0 atom stereocenters. The molecule has 1 aromatic rings. The summed E-state index contributed by atoms with van der Waals surface area (Å²) in [6.45, 7) is 11.3. The van der Waals surface area contributed by atoms with Gasteiger partial charge in [0.2, 0.25) is 0 Å². The molecule has 1 amide bonds. The van der Waals surface area contributed by atoms with Crippen LogP contribution in [-0.4, -0.2) is 29.7 Å². The van der Waals surface area contributed by atoms with Crippen molar-refractivity contribution in [3.8, 4) is 5.75 Å². The van der Waals surface area contributed by atoms with E-state index in [4.69, 9.17) is 15.2 Å². The van der Waals surface area contributed by atoms with E-state index in [0.717, 1.165) is 25.7 Å². The fraction of sp³-hybridized carbons (Fsp3) is 0.591.